The lowest BCUT2D eigenvalue weighted by atomic mass is 10.1. The van der Waals surface area contributed by atoms with Crippen LogP contribution in [0.25, 0.3) is 0 Å². The summed E-state index contributed by atoms with van der Waals surface area (Å²) in [6.07, 6.45) is 0.268. The number of nitrogens with two attached hydrogens (primary N) is 1. The van der Waals surface area contributed by atoms with Crippen molar-refractivity contribution in [1.82, 2.24) is 5.32 Å². The number of nitro groups is 1. The second-order valence-corrected chi connectivity index (χ2v) is 6.20. The van der Waals surface area contributed by atoms with Gasteiger partial charge in [-0.1, -0.05) is 20.8 Å². The maximum atomic E-state index is 12.2. The number of carbonyl (C=O) groups is 2. The Morgan fingerprint density at radius 1 is 1.27 bits per heavy atom. The van der Waals surface area contributed by atoms with E-state index in [4.69, 9.17) is 5.73 Å². The van der Waals surface area contributed by atoms with Gasteiger partial charge in [0.2, 0.25) is 11.8 Å². The summed E-state index contributed by atoms with van der Waals surface area (Å²) in [5.74, 6) is -0.866. The third-order valence-electron chi connectivity index (χ3n) is 3.25. The molecule has 1 aromatic rings. The SMILES string of the molecule is CC.CCC(=O)NC(CN)C(=O)Nc1cc(C)c(SC[N+](=O)[O-])c(C)c1. The first-order valence-electron chi connectivity index (χ1n) is 8.44. The zero-order valence-electron chi connectivity index (χ0n) is 15.9. The molecule has 146 valence electrons. The van der Waals surface area contributed by atoms with E-state index in [9.17, 15) is 19.7 Å². The summed E-state index contributed by atoms with van der Waals surface area (Å²) in [7, 11) is 0. The summed E-state index contributed by atoms with van der Waals surface area (Å²) in [6.45, 7) is 9.33. The van der Waals surface area contributed by atoms with Gasteiger partial charge in [-0.05, 0) is 48.9 Å². The van der Waals surface area contributed by atoms with Crippen LogP contribution in [-0.2, 0) is 9.59 Å². The Balaban J connectivity index is 0.00000301. The number of thioether (sulfide) groups is 1. The normalized spacial score (nSPS) is 11.0. The Morgan fingerprint density at radius 3 is 2.23 bits per heavy atom. The minimum atomic E-state index is -0.804. The summed E-state index contributed by atoms with van der Waals surface area (Å²) in [5.41, 5.74) is 7.76. The van der Waals surface area contributed by atoms with Crippen LogP contribution in [0, 0.1) is 24.0 Å². The van der Waals surface area contributed by atoms with Crippen molar-refractivity contribution in [2.75, 3.05) is 17.7 Å². The number of nitrogens with one attached hydrogen (secondary N) is 2. The molecule has 0 bridgehead atoms. The van der Waals surface area contributed by atoms with Crippen molar-refractivity contribution in [3.63, 3.8) is 0 Å². The molecule has 26 heavy (non-hydrogen) atoms. The van der Waals surface area contributed by atoms with Gasteiger partial charge in [-0.2, -0.15) is 0 Å². The van der Waals surface area contributed by atoms with E-state index < -0.39 is 11.9 Å². The number of rotatable bonds is 8. The first-order chi connectivity index (χ1) is 12.3. The topological polar surface area (TPSA) is 127 Å². The lowest BCUT2D eigenvalue weighted by Gasteiger charge is -2.17. The molecular weight excluding hydrogens is 356 g/mol. The number of carbonyl (C=O) groups excluding carboxylic acids is 2. The van der Waals surface area contributed by atoms with Gasteiger partial charge < -0.3 is 16.4 Å². The summed E-state index contributed by atoms with van der Waals surface area (Å²) < 4.78 is 0. The summed E-state index contributed by atoms with van der Waals surface area (Å²) in [5, 5.41) is 15.8. The molecule has 0 aromatic heterocycles. The highest BCUT2D eigenvalue weighted by Gasteiger charge is 2.19. The predicted octanol–water partition coefficient (Wildman–Crippen LogP) is 2.45. The molecule has 0 aliphatic rings. The first-order valence-corrected chi connectivity index (χ1v) is 9.43. The molecule has 0 heterocycles. The molecule has 9 heteroatoms. The fourth-order valence-electron chi connectivity index (χ4n) is 2.12. The minimum Gasteiger partial charge on any atom is -0.343 e. The summed E-state index contributed by atoms with van der Waals surface area (Å²) in [6, 6.07) is 2.67. The lowest BCUT2D eigenvalue weighted by molar-refractivity contribution is -0.456. The molecule has 0 saturated heterocycles. The van der Waals surface area contributed by atoms with Crippen LogP contribution in [0.15, 0.2) is 17.0 Å². The Kier molecular flexibility index (Phi) is 11.3. The van der Waals surface area contributed by atoms with Gasteiger partial charge in [0.1, 0.15) is 6.04 Å². The number of anilines is 1. The Bertz CT molecular complexity index is 614. The van der Waals surface area contributed by atoms with E-state index in [1.807, 2.05) is 27.7 Å². The monoisotopic (exact) mass is 384 g/mol. The van der Waals surface area contributed by atoms with Crippen molar-refractivity contribution in [2.24, 2.45) is 5.73 Å². The maximum Gasteiger partial charge on any atom is 0.253 e. The van der Waals surface area contributed by atoms with E-state index >= 15 is 0 Å². The van der Waals surface area contributed by atoms with Gasteiger partial charge in [0.05, 0.1) is 0 Å². The molecule has 1 rings (SSSR count). The van der Waals surface area contributed by atoms with E-state index in [1.165, 1.54) is 0 Å². The maximum absolute atomic E-state index is 12.2. The third kappa shape index (κ3) is 7.83. The van der Waals surface area contributed by atoms with Crippen LogP contribution in [0.5, 0.6) is 0 Å². The van der Waals surface area contributed by atoms with Crippen LogP contribution in [0.4, 0.5) is 5.69 Å². The largest absolute Gasteiger partial charge is 0.343 e. The van der Waals surface area contributed by atoms with Crippen molar-refractivity contribution in [3.05, 3.63) is 33.4 Å². The molecule has 0 fully saturated rings. The summed E-state index contributed by atoms with van der Waals surface area (Å²) >= 11 is 1.14. The molecule has 0 aliphatic carbocycles. The number of benzene rings is 1. The second-order valence-electron chi connectivity index (χ2n) is 5.24. The van der Waals surface area contributed by atoms with Crippen LogP contribution in [0.2, 0.25) is 0 Å². The highest BCUT2D eigenvalue weighted by atomic mass is 32.2. The van der Waals surface area contributed by atoms with Gasteiger partial charge in [-0.15, -0.1) is 0 Å². The zero-order chi connectivity index (χ0) is 20.3. The van der Waals surface area contributed by atoms with Gasteiger partial charge in [0.15, 0.2) is 0 Å². The molecule has 4 N–H and O–H groups in total. The fourth-order valence-corrected chi connectivity index (χ4v) is 2.93. The van der Waals surface area contributed by atoms with Crippen molar-refractivity contribution >= 4 is 29.3 Å². The zero-order valence-corrected chi connectivity index (χ0v) is 16.7. The van der Waals surface area contributed by atoms with Gasteiger partial charge in [-0.25, -0.2) is 0 Å². The number of amides is 2. The molecular formula is C17H28N4O4S. The van der Waals surface area contributed by atoms with E-state index in [0.717, 1.165) is 27.8 Å². The van der Waals surface area contributed by atoms with Gasteiger partial charge >= 0.3 is 0 Å². The van der Waals surface area contributed by atoms with Crippen LogP contribution in [0.3, 0.4) is 0 Å². The van der Waals surface area contributed by atoms with Gasteiger partial charge in [0, 0.05) is 28.5 Å². The standard InChI is InChI=1S/C15H22N4O4S.C2H6/c1-4-13(20)18-12(7-16)15(21)17-11-5-9(2)14(10(3)6-11)24-8-19(22)23;1-2/h5-6,12H,4,7-8,16H2,1-3H3,(H,17,21)(H,18,20);1-2H3. The lowest BCUT2D eigenvalue weighted by Crippen LogP contribution is -2.48. The van der Waals surface area contributed by atoms with Gasteiger partial charge in [-0.3, -0.25) is 19.7 Å². The van der Waals surface area contributed by atoms with E-state index in [2.05, 4.69) is 10.6 Å². The van der Waals surface area contributed by atoms with Crippen LogP contribution < -0.4 is 16.4 Å². The molecule has 1 unspecified atom stereocenters. The van der Waals surface area contributed by atoms with Gasteiger partial charge in [0.25, 0.3) is 5.88 Å². The predicted molar refractivity (Wildman–Crippen MR) is 105 cm³/mol. The Hall–Kier alpha value is -2.13. The highest BCUT2D eigenvalue weighted by molar-refractivity contribution is 7.99. The minimum absolute atomic E-state index is 0.00763. The molecule has 1 aromatic carbocycles. The molecule has 8 nitrogen and oxygen atoms in total. The molecule has 0 saturated carbocycles. The van der Waals surface area contributed by atoms with Crippen molar-refractivity contribution in [1.29, 1.82) is 0 Å². The summed E-state index contributed by atoms with van der Waals surface area (Å²) in [4.78, 5) is 34.6. The van der Waals surface area contributed by atoms with Crippen LogP contribution in [-0.4, -0.2) is 35.2 Å². The number of hydrogen-bond donors (Lipinski definition) is 3. The quantitative estimate of drug-likeness (QED) is 0.273. The van der Waals surface area contributed by atoms with Crippen LogP contribution >= 0.6 is 11.8 Å². The average molecular weight is 385 g/mol. The van der Waals surface area contributed by atoms with Crippen molar-refractivity contribution in [3.8, 4) is 0 Å². The third-order valence-corrected chi connectivity index (χ3v) is 4.52. The fraction of sp³-hybridized carbons (Fsp3) is 0.529. The smallest absolute Gasteiger partial charge is 0.253 e. The molecule has 0 aliphatic heterocycles. The first kappa shape index (κ1) is 23.9. The van der Waals surface area contributed by atoms with E-state index in [0.29, 0.717) is 5.69 Å². The van der Waals surface area contributed by atoms with Crippen LogP contribution in [0.1, 0.15) is 38.3 Å². The number of nitrogens with zero attached hydrogens (tertiary/aromatic N) is 1. The Morgan fingerprint density at radius 2 is 1.81 bits per heavy atom. The second kappa shape index (κ2) is 12.3. The van der Waals surface area contributed by atoms with E-state index in [1.54, 1.807) is 19.1 Å². The molecule has 2 amide bonds. The Labute approximate surface area is 158 Å². The average Bonchev–Trinajstić information content (AvgIpc) is 2.59. The molecule has 0 spiro atoms. The highest BCUT2D eigenvalue weighted by Crippen LogP contribution is 2.29. The van der Waals surface area contributed by atoms with E-state index in [-0.39, 0.29) is 29.7 Å². The molecule has 1 atom stereocenters. The molecule has 0 radical (unpaired) electrons. The van der Waals surface area contributed by atoms with Crippen molar-refractivity contribution < 1.29 is 14.5 Å². The number of aryl methyl sites for hydroxylation is 2. The van der Waals surface area contributed by atoms with Crippen molar-refractivity contribution in [2.45, 2.75) is 52.0 Å². The number of hydrogen-bond acceptors (Lipinski definition) is 6.